The number of non-ortho nitro benzene ring substituents is 1. The third-order valence-electron chi connectivity index (χ3n) is 3.46. The second-order valence-corrected chi connectivity index (χ2v) is 6.45. The summed E-state index contributed by atoms with van der Waals surface area (Å²) in [5.41, 5.74) is 1.57. The smallest absolute Gasteiger partial charge is 0.334 e. The van der Waals surface area contributed by atoms with Crippen LogP contribution in [0.5, 0.6) is 0 Å². The minimum Gasteiger partial charge on any atom is -0.464 e. The minimum atomic E-state index is -0.490. The van der Waals surface area contributed by atoms with Crippen LogP contribution in [0.15, 0.2) is 42.5 Å². The van der Waals surface area contributed by atoms with Gasteiger partial charge < -0.3 is 4.74 Å². The van der Waals surface area contributed by atoms with Crippen LogP contribution in [0.25, 0.3) is 0 Å². The predicted octanol–water partition coefficient (Wildman–Crippen LogP) is 4.40. The molecule has 0 aliphatic rings. The van der Waals surface area contributed by atoms with Crippen LogP contribution in [0.3, 0.4) is 0 Å². The minimum absolute atomic E-state index is 0.000588. The van der Waals surface area contributed by atoms with Gasteiger partial charge in [0, 0.05) is 35.3 Å². The van der Waals surface area contributed by atoms with Gasteiger partial charge in [-0.3, -0.25) is 15.0 Å². The Morgan fingerprint density at radius 1 is 1.07 bits per heavy atom. The number of esters is 1. The maximum absolute atomic E-state index is 11.6. The van der Waals surface area contributed by atoms with Crippen molar-refractivity contribution >= 4 is 34.9 Å². The summed E-state index contributed by atoms with van der Waals surface area (Å²) in [5.74, 6) is -0.490. The Hall–Kier alpha value is -2.19. The second kappa shape index (κ2) is 10.2. The molecule has 0 saturated heterocycles. The number of nitro benzene ring substituents is 1. The van der Waals surface area contributed by atoms with Gasteiger partial charge in [0.2, 0.25) is 0 Å². The molecule has 9 heteroatoms. The third-order valence-corrected chi connectivity index (χ3v) is 3.89. The largest absolute Gasteiger partial charge is 0.464 e. The van der Waals surface area contributed by atoms with Crippen molar-refractivity contribution < 1.29 is 19.3 Å². The van der Waals surface area contributed by atoms with Crippen LogP contribution in [0.2, 0.25) is 10.0 Å². The van der Waals surface area contributed by atoms with Crippen molar-refractivity contribution in [3.8, 4) is 0 Å². The first-order chi connectivity index (χ1) is 12.9. The lowest BCUT2D eigenvalue weighted by Crippen LogP contribution is -2.27. The van der Waals surface area contributed by atoms with Gasteiger partial charge in [-0.1, -0.05) is 35.3 Å². The highest BCUT2D eigenvalue weighted by Gasteiger charge is 2.13. The summed E-state index contributed by atoms with van der Waals surface area (Å²) in [7, 11) is 0. The molecule has 7 nitrogen and oxygen atoms in total. The van der Waals surface area contributed by atoms with E-state index in [4.69, 9.17) is 32.8 Å². The average Bonchev–Trinajstić information content (AvgIpc) is 2.59. The van der Waals surface area contributed by atoms with Crippen molar-refractivity contribution in [1.29, 1.82) is 0 Å². The van der Waals surface area contributed by atoms with Crippen LogP contribution in [-0.4, -0.2) is 29.2 Å². The van der Waals surface area contributed by atoms with E-state index >= 15 is 0 Å². The van der Waals surface area contributed by atoms with Gasteiger partial charge >= 0.3 is 5.97 Å². The molecule has 0 heterocycles. The number of halogens is 2. The summed E-state index contributed by atoms with van der Waals surface area (Å²) < 4.78 is 4.87. The highest BCUT2D eigenvalue weighted by atomic mass is 35.5. The van der Waals surface area contributed by atoms with Gasteiger partial charge in [-0.05, 0) is 36.2 Å². The van der Waals surface area contributed by atoms with Crippen molar-refractivity contribution in [2.24, 2.45) is 0 Å². The first-order valence-electron chi connectivity index (χ1n) is 8.09. The fourth-order valence-corrected chi connectivity index (χ4v) is 2.90. The summed E-state index contributed by atoms with van der Waals surface area (Å²) in [5, 5.41) is 13.3. The van der Waals surface area contributed by atoms with E-state index in [-0.39, 0.29) is 18.9 Å². The first kappa shape index (κ1) is 21.1. The molecule has 2 rings (SSSR count). The van der Waals surface area contributed by atoms with Gasteiger partial charge in [-0.2, -0.15) is 5.06 Å². The van der Waals surface area contributed by atoms with E-state index in [1.807, 2.05) is 0 Å². The van der Waals surface area contributed by atoms with Crippen molar-refractivity contribution in [3.63, 3.8) is 0 Å². The molecule has 2 aromatic carbocycles. The highest BCUT2D eigenvalue weighted by Crippen LogP contribution is 2.21. The molecule has 0 bridgehead atoms. The number of hydrogen-bond donors (Lipinski definition) is 0. The standard InChI is InChI=1S/C18H18Cl2N2O5/c1-2-26-18(23)12-27-21(11-14-7-15(19)9-16(20)8-14)10-13-3-5-17(6-4-13)22(24)25/h3-9H,2,10-12H2,1H3. The van der Waals surface area contributed by atoms with Crippen molar-refractivity contribution in [3.05, 3.63) is 73.8 Å². The molecule has 27 heavy (non-hydrogen) atoms. The molecule has 0 N–H and O–H groups in total. The lowest BCUT2D eigenvalue weighted by molar-refractivity contribution is -0.384. The number of carbonyl (C=O) groups excluding carboxylic acids is 1. The van der Waals surface area contributed by atoms with Crippen LogP contribution >= 0.6 is 23.2 Å². The summed E-state index contributed by atoms with van der Waals surface area (Å²) in [4.78, 5) is 27.5. The number of carbonyl (C=O) groups is 1. The molecule has 0 unspecified atom stereocenters. The summed E-state index contributed by atoms with van der Waals surface area (Å²) in [6.45, 7) is 2.31. The third kappa shape index (κ3) is 7.15. The van der Waals surface area contributed by atoms with Crippen molar-refractivity contribution in [1.82, 2.24) is 5.06 Å². The maximum atomic E-state index is 11.6. The number of benzene rings is 2. The van der Waals surface area contributed by atoms with E-state index < -0.39 is 10.9 Å². The monoisotopic (exact) mass is 412 g/mol. The highest BCUT2D eigenvalue weighted by molar-refractivity contribution is 6.34. The van der Waals surface area contributed by atoms with E-state index in [1.54, 1.807) is 42.3 Å². The lowest BCUT2D eigenvalue weighted by Gasteiger charge is -2.22. The molecule has 0 amide bonds. The topological polar surface area (TPSA) is 81.9 Å². The molecule has 0 radical (unpaired) electrons. The van der Waals surface area contributed by atoms with E-state index in [0.29, 0.717) is 23.1 Å². The molecule has 0 atom stereocenters. The average molecular weight is 413 g/mol. The van der Waals surface area contributed by atoms with E-state index in [9.17, 15) is 14.9 Å². The van der Waals surface area contributed by atoms with Crippen LogP contribution in [0.1, 0.15) is 18.1 Å². The van der Waals surface area contributed by atoms with E-state index in [2.05, 4.69) is 0 Å². The molecular formula is C18H18Cl2N2O5. The van der Waals surface area contributed by atoms with Crippen molar-refractivity contribution in [2.45, 2.75) is 20.0 Å². The van der Waals surface area contributed by atoms with Gasteiger partial charge in [0.1, 0.15) is 0 Å². The van der Waals surface area contributed by atoms with Crippen LogP contribution in [0, 0.1) is 10.1 Å². The lowest BCUT2D eigenvalue weighted by atomic mass is 10.2. The Bertz CT molecular complexity index is 779. The van der Waals surface area contributed by atoms with Crippen LogP contribution in [-0.2, 0) is 27.5 Å². The Morgan fingerprint density at radius 3 is 2.22 bits per heavy atom. The van der Waals surface area contributed by atoms with Gasteiger partial charge in [0.15, 0.2) is 6.61 Å². The van der Waals surface area contributed by atoms with Crippen LogP contribution < -0.4 is 0 Å². The quantitative estimate of drug-likeness (QED) is 0.344. The molecule has 144 valence electrons. The molecule has 0 saturated carbocycles. The van der Waals surface area contributed by atoms with E-state index in [0.717, 1.165) is 11.1 Å². The number of rotatable bonds is 9. The normalized spacial score (nSPS) is 10.8. The Balaban J connectivity index is 2.12. The van der Waals surface area contributed by atoms with Gasteiger partial charge in [0.05, 0.1) is 11.5 Å². The number of nitro groups is 1. The molecule has 0 aliphatic heterocycles. The fourth-order valence-electron chi connectivity index (χ4n) is 2.33. The second-order valence-electron chi connectivity index (χ2n) is 5.58. The zero-order valence-electron chi connectivity index (χ0n) is 14.6. The van der Waals surface area contributed by atoms with Crippen LogP contribution in [0.4, 0.5) is 5.69 Å². The Kier molecular flexibility index (Phi) is 7.99. The summed E-state index contributed by atoms with van der Waals surface area (Å²) in [6, 6.07) is 11.2. The predicted molar refractivity (Wildman–Crippen MR) is 101 cm³/mol. The Labute approximate surface area is 166 Å². The maximum Gasteiger partial charge on any atom is 0.334 e. The molecule has 0 fully saturated rings. The molecule has 2 aromatic rings. The first-order valence-corrected chi connectivity index (χ1v) is 8.84. The van der Waals surface area contributed by atoms with E-state index in [1.165, 1.54) is 12.1 Å². The number of nitrogens with zero attached hydrogens (tertiary/aromatic N) is 2. The van der Waals surface area contributed by atoms with Gasteiger partial charge in [-0.25, -0.2) is 4.79 Å². The number of hydroxylamine groups is 2. The summed E-state index contributed by atoms with van der Waals surface area (Å²) >= 11 is 12.1. The summed E-state index contributed by atoms with van der Waals surface area (Å²) in [6.07, 6.45) is 0. The zero-order chi connectivity index (χ0) is 19.8. The molecule has 0 aliphatic carbocycles. The number of ether oxygens (including phenoxy) is 1. The molecular weight excluding hydrogens is 395 g/mol. The SMILES string of the molecule is CCOC(=O)CON(Cc1ccc([N+](=O)[O-])cc1)Cc1cc(Cl)cc(Cl)c1. The molecule has 0 aromatic heterocycles. The molecule has 0 spiro atoms. The van der Waals surface area contributed by atoms with Crippen molar-refractivity contribution in [2.75, 3.05) is 13.2 Å². The van der Waals surface area contributed by atoms with Gasteiger partial charge in [0.25, 0.3) is 5.69 Å². The zero-order valence-corrected chi connectivity index (χ0v) is 16.1. The van der Waals surface area contributed by atoms with Gasteiger partial charge in [-0.15, -0.1) is 0 Å². The number of hydrogen-bond acceptors (Lipinski definition) is 6. The fraction of sp³-hybridized carbons (Fsp3) is 0.278. The Morgan fingerprint density at radius 2 is 1.67 bits per heavy atom.